The van der Waals surface area contributed by atoms with E-state index in [9.17, 15) is 0 Å². The van der Waals surface area contributed by atoms with Crippen molar-refractivity contribution in [3.05, 3.63) is 34.3 Å². The minimum atomic E-state index is -0.306. The maximum Gasteiger partial charge on any atom is 0.0636 e. The van der Waals surface area contributed by atoms with Crippen molar-refractivity contribution in [3.63, 3.8) is 0 Å². The SMILES string of the molecule is C[C@H](O)CN[C@H](C)c1ccccc1Br. The van der Waals surface area contributed by atoms with E-state index < -0.39 is 0 Å². The van der Waals surface area contributed by atoms with E-state index in [1.165, 1.54) is 5.56 Å². The van der Waals surface area contributed by atoms with Gasteiger partial charge in [0, 0.05) is 17.1 Å². The Hall–Kier alpha value is -0.380. The standard InChI is InChI=1S/C11H16BrNO/c1-8(14)7-13-9(2)10-5-3-4-6-11(10)12/h3-6,8-9,13-14H,7H2,1-2H3/t8-,9+/m0/s1. The Bertz CT molecular complexity index is 288. The Morgan fingerprint density at radius 2 is 2.00 bits per heavy atom. The van der Waals surface area contributed by atoms with Crippen LogP contribution in [0, 0.1) is 0 Å². The van der Waals surface area contributed by atoms with E-state index in [1.54, 1.807) is 6.92 Å². The van der Waals surface area contributed by atoms with E-state index in [4.69, 9.17) is 5.11 Å². The number of rotatable bonds is 4. The molecule has 0 aliphatic carbocycles. The average Bonchev–Trinajstić information content (AvgIpc) is 2.15. The van der Waals surface area contributed by atoms with E-state index in [1.807, 2.05) is 18.2 Å². The zero-order valence-corrected chi connectivity index (χ0v) is 10.1. The highest BCUT2D eigenvalue weighted by Crippen LogP contribution is 2.22. The first-order chi connectivity index (χ1) is 6.61. The second-order valence-corrected chi connectivity index (χ2v) is 4.35. The van der Waals surface area contributed by atoms with Gasteiger partial charge in [-0.15, -0.1) is 0 Å². The van der Waals surface area contributed by atoms with Gasteiger partial charge < -0.3 is 10.4 Å². The molecule has 2 nitrogen and oxygen atoms in total. The van der Waals surface area contributed by atoms with E-state index in [-0.39, 0.29) is 12.1 Å². The highest BCUT2D eigenvalue weighted by molar-refractivity contribution is 9.10. The topological polar surface area (TPSA) is 32.3 Å². The molecule has 0 saturated heterocycles. The van der Waals surface area contributed by atoms with Crippen LogP contribution < -0.4 is 5.32 Å². The lowest BCUT2D eigenvalue weighted by Gasteiger charge is -2.16. The van der Waals surface area contributed by atoms with Gasteiger partial charge >= 0.3 is 0 Å². The third kappa shape index (κ3) is 3.40. The lowest BCUT2D eigenvalue weighted by molar-refractivity contribution is 0.187. The third-order valence-electron chi connectivity index (χ3n) is 2.09. The fraction of sp³-hybridized carbons (Fsp3) is 0.455. The number of aliphatic hydroxyl groups excluding tert-OH is 1. The molecule has 0 heterocycles. The maximum atomic E-state index is 9.14. The van der Waals surface area contributed by atoms with Crippen molar-refractivity contribution in [3.8, 4) is 0 Å². The quantitative estimate of drug-likeness (QED) is 0.869. The Labute approximate surface area is 93.5 Å². The predicted molar refractivity (Wildman–Crippen MR) is 62.2 cm³/mol. The van der Waals surface area contributed by atoms with Gasteiger partial charge in [0.25, 0.3) is 0 Å². The molecule has 1 aromatic rings. The molecule has 3 heteroatoms. The van der Waals surface area contributed by atoms with Crippen LogP contribution in [0.2, 0.25) is 0 Å². The molecule has 1 rings (SSSR count). The zero-order valence-electron chi connectivity index (χ0n) is 8.50. The van der Waals surface area contributed by atoms with E-state index in [2.05, 4.69) is 34.2 Å². The fourth-order valence-electron chi connectivity index (χ4n) is 1.28. The summed E-state index contributed by atoms with van der Waals surface area (Å²) in [4.78, 5) is 0. The molecule has 0 saturated carbocycles. The van der Waals surface area contributed by atoms with Crippen LogP contribution >= 0.6 is 15.9 Å². The van der Waals surface area contributed by atoms with Gasteiger partial charge in [-0.1, -0.05) is 34.1 Å². The summed E-state index contributed by atoms with van der Waals surface area (Å²) < 4.78 is 1.10. The molecular weight excluding hydrogens is 242 g/mol. The molecule has 14 heavy (non-hydrogen) atoms. The molecule has 0 fully saturated rings. The first-order valence-corrected chi connectivity index (χ1v) is 5.56. The van der Waals surface area contributed by atoms with Crippen molar-refractivity contribution in [1.29, 1.82) is 0 Å². The molecule has 0 aliphatic rings. The summed E-state index contributed by atoms with van der Waals surface area (Å²) in [5.41, 5.74) is 1.22. The Balaban J connectivity index is 2.60. The minimum Gasteiger partial charge on any atom is -0.392 e. The molecule has 0 aliphatic heterocycles. The van der Waals surface area contributed by atoms with Gasteiger partial charge in [-0.3, -0.25) is 0 Å². The Kier molecular flexibility index (Phi) is 4.58. The summed E-state index contributed by atoms with van der Waals surface area (Å²) in [5, 5.41) is 12.4. The number of hydrogen-bond donors (Lipinski definition) is 2. The largest absolute Gasteiger partial charge is 0.392 e. The van der Waals surface area contributed by atoms with E-state index >= 15 is 0 Å². The van der Waals surface area contributed by atoms with Crippen LogP contribution in [0.5, 0.6) is 0 Å². The number of halogens is 1. The smallest absolute Gasteiger partial charge is 0.0636 e. The van der Waals surface area contributed by atoms with Crippen LogP contribution in [-0.2, 0) is 0 Å². The van der Waals surface area contributed by atoms with Gasteiger partial charge in [-0.05, 0) is 25.5 Å². The summed E-state index contributed by atoms with van der Waals surface area (Å²) in [5.74, 6) is 0. The summed E-state index contributed by atoms with van der Waals surface area (Å²) >= 11 is 3.50. The van der Waals surface area contributed by atoms with Gasteiger partial charge in [-0.25, -0.2) is 0 Å². The van der Waals surface area contributed by atoms with Gasteiger partial charge in [0.05, 0.1) is 6.10 Å². The summed E-state index contributed by atoms with van der Waals surface area (Å²) in [6.07, 6.45) is -0.306. The first kappa shape index (κ1) is 11.7. The summed E-state index contributed by atoms with van der Waals surface area (Å²) in [6.45, 7) is 4.48. The minimum absolute atomic E-state index is 0.250. The van der Waals surface area contributed by atoms with Crippen LogP contribution in [-0.4, -0.2) is 17.8 Å². The van der Waals surface area contributed by atoms with Crippen molar-refractivity contribution in [2.45, 2.75) is 26.0 Å². The highest BCUT2D eigenvalue weighted by Gasteiger charge is 2.08. The molecule has 0 radical (unpaired) electrons. The summed E-state index contributed by atoms with van der Waals surface area (Å²) in [6, 6.07) is 8.36. The first-order valence-electron chi connectivity index (χ1n) is 4.77. The molecule has 0 unspecified atom stereocenters. The van der Waals surface area contributed by atoms with Gasteiger partial charge in [0.2, 0.25) is 0 Å². The second-order valence-electron chi connectivity index (χ2n) is 3.50. The lowest BCUT2D eigenvalue weighted by Crippen LogP contribution is -2.27. The molecule has 2 N–H and O–H groups in total. The molecule has 0 bridgehead atoms. The van der Waals surface area contributed by atoms with Crippen LogP contribution in [0.4, 0.5) is 0 Å². The van der Waals surface area contributed by atoms with Crippen molar-refractivity contribution < 1.29 is 5.11 Å². The fourth-order valence-corrected chi connectivity index (χ4v) is 1.91. The molecule has 0 aromatic heterocycles. The molecule has 78 valence electrons. The Morgan fingerprint density at radius 1 is 1.36 bits per heavy atom. The number of aliphatic hydroxyl groups is 1. The molecular formula is C11H16BrNO. The molecule has 0 amide bonds. The second kappa shape index (κ2) is 5.49. The van der Waals surface area contributed by atoms with Gasteiger partial charge in [0.1, 0.15) is 0 Å². The van der Waals surface area contributed by atoms with E-state index in [0.29, 0.717) is 6.54 Å². The molecule has 0 spiro atoms. The Morgan fingerprint density at radius 3 is 2.57 bits per heavy atom. The monoisotopic (exact) mass is 257 g/mol. The maximum absolute atomic E-state index is 9.14. The number of benzene rings is 1. The van der Waals surface area contributed by atoms with E-state index in [0.717, 1.165) is 4.47 Å². The highest BCUT2D eigenvalue weighted by atomic mass is 79.9. The van der Waals surface area contributed by atoms with Gasteiger partial charge in [0.15, 0.2) is 0 Å². The van der Waals surface area contributed by atoms with Crippen LogP contribution in [0.3, 0.4) is 0 Å². The number of hydrogen-bond acceptors (Lipinski definition) is 2. The van der Waals surface area contributed by atoms with Crippen molar-refractivity contribution in [2.24, 2.45) is 0 Å². The van der Waals surface area contributed by atoms with Crippen LogP contribution in [0.25, 0.3) is 0 Å². The third-order valence-corrected chi connectivity index (χ3v) is 2.81. The normalized spacial score (nSPS) is 15.1. The van der Waals surface area contributed by atoms with Crippen molar-refractivity contribution in [2.75, 3.05) is 6.54 Å². The van der Waals surface area contributed by atoms with Crippen LogP contribution in [0.15, 0.2) is 28.7 Å². The molecule has 2 atom stereocenters. The average molecular weight is 258 g/mol. The summed E-state index contributed by atoms with van der Waals surface area (Å²) in [7, 11) is 0. The number of nitrogens with one attached hydrogen (secondary N) is 1. The lowest BCUT2D eigenvalue weighted by atomic mass is 10.1. The predicted octanol–water partition coefficient (Wildman–Crippen LogP) is 2.48. The van der Waals surface area contributed by atoms with Crippen molar-refractivity contribution >= 4 is 15.9 Å². The van der Waals surface area contributed by atoms with Crippen molar-refractivity contribution in [1.82, 2.24) is 5.32 Å². The van der Waals surface area contributed by atoms with Crippen LogP contribution in [0.1, 0.15) is 25.5 Å². The molecule has 1 aromatic carbocycles. The van der Waals surface area contributed by atoms with Gasteiger partial charge in [-0.2, -0.15) is 0 Å². The zero-order chi connectivity index (χ0) is 10.6.